The van der Waals surface area contributed by atoms with Gasteiger partial charge >= 0.3 is 0 Å². The highest BCUT2D eigenvalue weighted by molar-refractivity contribution is 7.21. The Kier molecular flexibility index (Phi) is 3.85. The summed E-state index contributed by atoms with van der Waals surface area (Å²) < 4.78 is 26.0. The van der Waals surface area contributed by atoms with Crippen LogP contribution >= 0.6 is 22.9 Å². The van der Waals surface area contributed by atoms with Crippen LogP contribution in [0.1, 0.15) is 39.1 Å². The Morgan fingerprint density at radius 1 is 1.24 bits per heavy atom. The summed E-state index contributed by atoms with van der Waals surface area (Å²) in [6.45, 7) is 1.74. The Balaban J connectivity index is 1.82. The van der Waals surface area contributed by atoms with Crippen molar-refractivity contribution in [2.24, 2.45) is 0 Å². The van der Waals surface area contributed by atoms with Crippen molar-refractivity contribution < 1.29 is 13.6 Å². The molecule has 0 fully saturated rings. The zero-order chi connectivity index (χ0) is 17.7. The first-order valence-corrected chi connectivity index (χ1v) is 8.68. The molecule has 1 aliphatic heterocycles. The molecule has 2 aromatic heterocycles. The average molecular weight is 380 g/mol. The number of fused-ring (bicyclic) bond motifs is 3. The van der Waals surface area contributed by atoms with Gasteiger partial charge in [-0.2, -0.15) is 0 Å². The van der Waals surface area contributed by atoms with Gasteiger partial charge in [0.15, 0.2) is 0 Å². The summed E-state index contributed by atoms with van der Waals surface area (Å²) in [6.07, 6.45) is -3.07. The Labute approximate surface area is 150 Å². The molecule has 1 atom stereocenters. The van der Waals surface area contributed by atoms with Crippen LogP contribution in [0.3, 0.4) is 0 Å². The van der Waals surface area contributed by atoms with Crippen molar-refractivity contribution in [3.8, 4) is 0 Å². The molecule has 0 spiro atoms. The van der Waals surface area contributed by atoms with E-state index in [1.165, 1.54) is 6.07 Å². The molecule has 2 N–H and O–H groups in total. The fraction of sp³-hybridized carbons (Fsp3) is 0.176. The molecule has 0 saturated heterocycles. The van der Waals surface area contributed by atoms with E-state index in [0.29, 0.717) is 31.4 Å². The van der Waals surface area contributed by atoms with Gasteiger partial charge in [0, 0.05) is 10.4 Å². The molecule has 4 rings (SSSR count). The van der Waals surface area contributed by atoms with Crippen LogP contribution in [0, 0.1) is 6.92 Å². The zero-order valence-corrected chi connectivity index (χ0v) is 14.5. The van der Waals surface area contributed by atoms with Gasteiger partial charge < -0.3 is 10.6 Å². The number of thiophene rings is 1. The molecule has 128 valence electrons. The van der Waals surface area contributed by atoms with Crippen molar-refractivity contribution in [1.82, 2.24) is 10.3 Å². The number of aryl methyl sites for hydroxylation is 1. The topological polar surface area (TPSA) is 54.0 Å². The van der Waals surface area contributed by atoms with E-state index in [4.69, 9.17) is 11.6 Å². The standard InChI is InChI=1S/C17H12ClF2N3OS/c1-7-6-10(14(19)20)21-17-11(7)12-13(25-17)16(24)23-15(22-12)8-2-4-9(18)5-3-8/h2-6,14-15,22H,1H3,(H,23,24)/t15-/m0/s1. The van der Waals surface area contributed by atoms with E-state index in [1.54, 1.807) is 19.1 Å². The average Bonchev–Trinajstić information content (AvgIpc) is 2.95. The monoisotopic (exact) mass is 379 g/mol. The van der Waals surface area contributed by atoms with Gasteiger partial charge in [0.1, 0.15) is 21.6 Å². The first-order valence-electron chi connectivity index (χ1n) is 7.49. The van der Waals surface area contributed by atoms with Crippen LogP contribution in [-0.4, -0.2) is 10.9 Å². The minimum absolute atomic E-state index is 0.255. The Bertz CT molecular complexity index is 988. The van der Waals surface area contributed by atoms with E-state index in [-0.39, 0.29) is 11.6 Å². The third kappa shape index (κ3) is 2.73. The summed E-state index contributed by atoms with van der Waals surface area (Å²) in [4.78, 5) is 17.4. The predicted octanol–water partition coefficient (Wildman–Crippen LogP) is 5.05. The van der Waals surface area contributed by atoms with E-state index >= 15 is 0 Å². The summed E-state index contributed by atoms with van der Waals surface area (Å²) in [7, 11) is 0. The Morgan fingerprint density at radius 2 is 1.96 bits per heavy atom. The number of alkyl halides is 2. The van der Waals surface area contributed by atoms with Gasteiger partial charge in [0.25, 0.3) is 12.3 Å². The van der Waals surface area contributed by atoms with Crippen LogP contribution in [0.4, 0.5) is 14.5 Å². The molecular weight excluding hydrogens is 368 g/mol. The molecule has 0 radical (unpaired) electrons. The number of aromatic nitrogens is 1. The van der Waals surface area contributed by atoms with Crippen molar-refractivity contribution in [3.63, 3.8) is 0 Å². The molecule has 8 heteroatoms. The molecule has 0 bridgehead atoms. The highest BCUT2D eigenvalue weighted by Gasteiger charge is 2.30. The molecule has 1 aliphatic rings. The lowest BCUT2D eigenvalue weighted by Gasteiger charge is -2.26. The summed E-state index contributed by atoms with van der Waals surface area (Å²) in [6, 6.07) is 8.49. The molecule has 0 saturated carbocycles. The van der Waals surface area contributed by atoms with Gasteiger partial charge in [0.2, 0.25) is 0 Å². The number of nitrogens with one attached hydrogen (secondary N) is 2. The van der Waals surface area contributed by atoms with Crippen molar-refractivity contribution in [2.45, 2.75) is 19.5 Å². The number of rotatable bonds is 2. The highest BCUT2D eigenvalue weighted by Crippen LogP contribution is 2.41. The first-order chi connectivity index (χ1) is 11.9. The lowest BCUT2D eigenvalue weighted by molar-refractivity contribution is 0.0940. The van der Waals surface area contributed by atoms with Crippen LogP contribution < -0.4 is 10.6 Å². The van der Waals surface area contributed by atoms with Crippen molar-refractivity contribution in [1.29, 1.82) is 0 Å². The minimum Gasteiger partial charge on any atom is -0.360 e. The molecule has 4 nitrogen and oxygen atoms in total. The van der Waals surface area contributed by atoms with Crippen molar-refractivity contribution in [3.05, 3.63) is 57.1 Å². The second kappa shape index (κ2) is 5.93. The number of carbonyl (C=O) groups is 1. The number of hydrogen-bond acceptors (Lipinski definition) is 4. The quantitative estimate of drug-likeness (QED) is 0.655. The number of nitrogens with zero attached hydrogens (tertiary/aromatic N) is 1. The maximum absolute atomic E-state index is 13.0. The number of anilines is 1. The predicted molar refractivity (Wildman–Crippen MR) is 94.6 cm³/mol. The molecule has 1 amide bonds. The van der Waals surface area contributed by atoms with E-state index in [0.717, 1.165) is 16.9 Å². The molecular formula is C17H12ClF2N3OS. The fourth-order valence-corrected chi connectivity index (χ4v) is 4.17. The van der Waals surface area contributed by atoms with Gasteiger partial charge in [-0.3, -0.25) is 4.79 Å². The van der Waals surface area contributed by atoms with E-state index in [1.807, 2.05) is 12.1 Å². The molecule has 1 aromatic carbocycles. The molecule has 3 aromatic rings. The maximum Gasteiger partial charge on any atom is 0.280 e. The molecule has 3 heterocycles. The van der Waals surface area contributed by atoms with Gasteiger partial charge in [0.05, 0.1) is 5.69 Å². The number of pyridine rings is 1. The largest absolute Gasteiger partial charge is 0.360 e. The zero-order valence-electron chi connectivity index (χ0n) is 12.9. The smallest absolute Gasteiger partial charge is 0.280 e. The van der Waals surface area contributed by atoms with Gasteiger partial charge in [-0.05, 0) is 36.2 Å². The van der Waals surface area contributed by atoms with Crippen LogP contribution in [0.25, 0.3) is 10.2 Å². The fourth-order valence-electron chi connectivity index (χ4n) is 2.92. The van der Waals surface area contributed by atoms with Crippen LogP contribution in [0.5, 0.6) is 0 Å². The lowest BCUT2D eigenvalue weighted by atomic mass is 10.1. The maximum atomic E-state index is 13.0. The Morgan fingerprint density at radius 3 is 2.64 bits per heavy atom. The van der Waals surface area contributed by atoms with E-state index in [9.17, 15) is 13.6 Å². The minimum atomic E-state index is -2.65. The second-order valence-corrected chi connectivity index (χ2v) is 7.19. The molecule has 0 aliphatic carbocycles. The molecule has 0 unspecified atom stereocenters. The second-order valence-electron chi connectivity index (χ2n) is 5.75. The third-order valence-electron chi connectivity index (χ3n) is 4.08. The number of carbonyl (C=O) groups excluding carboxylic acids is 1. The van der Waals surface area contributed by atoms with Gasteiger partial charge in [-0.1, -0.05) is 23.7 Å². The third-order valence-corrected chi connectivity index (χ3v) is 5.41. The van der Waals surface area contributed by atoms with Gasteiger partial charge in [-0.15, -0.1) is 11.3 Å². The summed E-state index contributed by atoms with van der Waals surface area (Å²) in [5.41, 5.74) is 1.86. The van der Waals surface area contributed by atoms with Gasteiger partial charge in [-0.25, -0.2) is 13.8 Å². The summed E-state index contributed by atoms with van der Waals surface area (Å²) in [5.74, 6) is -0.255. The van der Waals surface area contributed by atoms with Crippen LogP contribution in [0.2, 0.25) is 5.02 Å². The lowest BCUT2D eigenvalue weighted by Crippen LogP contribution is -2.37. The number of hydrogen-bond donors (Lipinski definition) is 2. The SMILES string of the molecule is Cc1cc(C(F)F)nc2sc3c(c12)N[C@H](c1ccc(Cl)cc1)NC3=O. The highest BCUT2D eigenvalue weighted by atomic mass is 35.5. The van der Waals surface area contributed by atoms with Crippen LogP contribution in [-0.2, 0) is 0 Å². The van der Waals surface area contributed by atoms with E-state index in [2.05, 4.69) is 15.6 Å². The first kappa shape index (κ1) is 16.2. The summed E-state index contributed by atoms with van der Waals surface area (Å²) in [5, 5.41) is 7.46. The number of amides is 1. The molecule has 25 heavy (non-hydrogen) atoms. The normalized spacial score (nSPS) is 16.7. The number of halogens is 3. The van der Waals surface area contributed by atoms with Crippen molar-refractivity contribution in [2.75, 3.05) is 5.32 Å². The van der Waals surface area contributed by atoms with Crippen LogP contribution in [0.15, 0.2) is 30.3 Å². The Hall–Kier alpha value is -2.25. The number of benzene rings is 1. The van der Waals surface area contributed by atoms with E-state index < -0.39 is 12.6 Å². The van der Waals surface area contributed by atoms with Crippen molar-refractivity contribution >= 4 is 44.7 Å². The summed E-state index contributed by atoms with van der Waals surface area (Å²) >= 11 is 7.02.